The molecule has 0 aromatic rings. The average molecular weight is 749 g/mol. The third kappa shape index (κ3) is 18.2. The zero-order valence-corrected chi connectivity index (χ0v) is 33.7. The van der Waals surface area contributed by atoms with Crippen molar-refractivity contribution in [2.45, 2.75) is 238 Å². The van der Waals surface area contributed by atoms with Crippen molar-refractivity contribution < 1.29 is 47.6 Å². The maximum absolute atomic E-state index is 12.0. The Balaban J connectivity index is 1.31. The molecule has 3 heterocycles. The molecule has 0 N–H and O–H groups in total. The van der Waals surface area contributed by atoms with Crippen molar-refractivity contribution in [3.05, 3.63) is 11.6 Å². The highest BCUT2D eigenvalue weighted by atomic mass is 16.6. The molecule has 8 atom stereocenters. The monoisotopic (exact) mass is 749 g/mol. The number of rotatable bonds is 28. The van der Waals surface area contributed by atoms with E-state index >= 15 is 0 Å². The van der Waals surface area contributed by atoms with Gasteiger partial charge in [0, 0.05) is 26.3 Å². The number of cyclic esters (lactones) is 1. The number of carbonyl (C=O) groups excluding carboxylic acids is 4. The molecule has 3 aliphatic heterocycles. The van der Waals surface area contributed by atoms with Crippen molar-refractivity contribution in [3.8, 4) is 0 Å². The van der Waals surface area contributed by atoms with Crippen LogP contribution >= 0.6 is 0 Å². The van der Waals surface area contributed by atoms with Crippen LogP contribution in [0.2, 0.25) is 0 Å². The van der Waals surface area contributed by atoms with Crippen LogP contribution in [-0.4, -0.2) is 72.7 Å². The van der Waals surface area contributed by atoms with Gasteiger partial charge in [-0.3, -0.25) is 14.4 Å². The number of carbonyl (C=O) groups is 4. The summed E-state index contributed by atoms with van der Waals surface area (Å²) in [7, 11) is 0. The van der Waals surface area contributed by atoms with E-state index in [0.717, 1.165) is 115 Å². The van der Waals surface area contributed by atoms with Crippen LogP contribution in [0.25, 0.3) is 0 Å². The van der Waals surface area contributed by atoms with Gasteiger partial charge in [0.2, 0.25) is 0 Å². The van der Waals surface area contributed by atoms with Crippen molar-refractivity contribution in [2.24, 2.45) is 0 Å². The lowest BCUT2D eigenvalue weighted by atomic mass is 9.99. The first-order valence-electron chi connectivity index (χ1n) is 21.3. The van der Waals surface area contributed by atoms with Crippen molar-refractivity contribution in [3.63, 3.8) is 0 Å². The van der Waals surface area contributed by atoms with E-state index in [1.54, 1.807) is 0 Å². The van der Waals surface area contributed by atoms with Gasteiger partial charge in [-0.25, -0.2) is 4.79 Å². The van der Waals surface area contributed by atoms with E-state index in [-0.39, 0.29) is 72.7 Å². The summed E-state index contributed by atoms with van der Waals surface area (Å²) in [6.07, 6.45) is 25.0. The van der Waals surface area contributed by atoms with Gasteiger partial charge in [0.1, 0.15) is 24.4 Å². The van der Waals surface area contributed by atoms with Gasteiger partial charge >= 0.3 is 23.9 Å². The van der Waals surface area contributed by atoms with Crippen molar-refractivity contribution in [2.75, 3.05) is 0 Å². The second kappa shape index (κ2) is 25.6. The summed E-state index contributed by atoms with van der Waals surface area (Å²) in [5.74, 6) is -0.935. The largest absolute Gasteiger partial charge is 0.463 e. The minimum Gasteiger partial charge on any atom is -0.463 e. The minimum atomic E-state index is -0.312. The topological polar surface area (TPSA) is 124 Å². The van der Waals surface area contributed by atoms with Crippen LogP contribution in [0, 0.1) is 0 Å². The molecule has 0 radical (unpaired) electrons. The van der Waals surface area contributed by atoms with Crippen LogP contribution in [0.4, 0.5) is 0 Å². The molecule has 0 aromatic carbocycles. The van der Waals surface area contributed by atoms with Gasteiger partial charge in [0.25, 0.3) is 0 Å². The standard InChI is InChI=1S/C43H72O10/c1-6-7-16-22-36(49-32(3)44)23-19-20-25-38(51-34(5)46)40-27-29-42(53-40)41-28-26-39(52-41)37(50-33(4)45)24-18-15-13-11-9-8-10-12-14-17-21-35-30-31(2)48-43(35)47/h30-31,36-42H,6-29H2,1-5H3/t31-,36?,37+,38-,39+,40+,41+,42+/m0/s1. The second-order valence-corrected chi connectivity index (χ2v) is 15.8. The van der Waals surface area contributed by atoms with E-state index in [4.69, 9.17) is 28.4 Å². The molecule has 0 bridgehead atoms. The Hall–Kier alpha value is -2.46. The van der Waals surface area contributed by atoms with Gasteiger partial charge in [-0.1, -0.05) is 71.1 Å². The number of hydrogen-bond acceptors (Lipinski definition) is 10. The molecule has 0 amide bonds. The molecule has 0 aromatic heterocycles. The zero-order valence-electron chi connectivity index (χ0n) is 33.7. The van der Waals surface area contributed by atoms with E-state index in [1.807, 2.05) is 13.0 Å². The molecule has 0 spiro atoms. The molecule has 53 heavy (non-hydrogen) atoms. The fourth-order valence-corrected chi connectivity index (χ4v) is 8.27. The number of hydrogen-bond donors (Lipinski definition) is 0. The van der Waals surface area contributed by atoms with Gasteiger partial charge in [-0.2, -0.15) is 0 Å². The maximum atomic E-state index is 12.0. The molecular weight excluding hydrogens is 676 g/mol. The highest BCUT2D eigenvalue weighted by Gasteiger charge is 2.42. The third-order valence-electron chi connectivity index (χ3n) is 11.0. The molecule has 3 rings (SSSR count). The van der Waals surface area contributed by atoms with Crippen LogP contribution in [0.3, 0.4) is 0 Å². The van der Waals surface area contributed by atoms with Crippen LogP contribution in [0.5, 0.6) is 0 Å². The molecule has 3 aliphatic rings. The van der Waals surface area contributed by atoms with Gasteiger partial charge in [-0.15, -0.1) is 0 Å². The van der Waals surface area contributed by atoms with Crippen LogP contribution in [-0.2, 0) is 47.6 Å². The molecule has 0 saturated carbocycles. The predicted molar refractivity (Wildman–Crippen MR) is 204 cm³/mol. The quantitative estimate of drug-likeness (QED) is 0.0434. The normalized spacial score (nSPS) is 24.4. The summed E-state index contributed by atoms with van der Waals surface area (Å²) < 4.78 is 35.3. The van der Waals surface area contributed by atoms with E-state index in [2.05, 4.69) is 6.92 Å². The summed E-state index contributed by atoms with van der Waals surface area (Å²) in [6.45, 7) is 8.46. The van der Waals surface area contributed by atoms with Gasteiger partial charge in [0.15, 0.2) is 0 Å². The lowest BCUT2D eigenvalue weighted by Gasteiger charge is -2.27. The van der Waals surface area contributed by atoms with E-state index in [0.29, 0.717) is 6.42 Å². The van der Waals surface area contributed by atoms with Crippen LogP contribution in [0.15, 0.2) is 11.6 Å². The Morgan fingerprint density at radius 1 is 0.623 bits per heavy atom. The summed E-state index contributed by atoms with van der Waals surface area (Å²) in [6, 6.07) is 0. The smallest absolute Gasteiger partial charge is 0.334 e. The van der Waals surface area contributed by atoms with Gasteiger partial charge in [-0.05, 0) is 103 Å². The summed E-state index contributed by atoms with van der Waals surface area (Å²) in [5.41, 5.74) is 0.847. The van der Waals surface area contributed by atoms with E-state index in [1.165, 1.54) is 59.3 Å². The fraction of sp³-hybridized carbons (Fsp3) is 0.860. The Labute approximate surface area is 320 Å². The SMILES string of the molecule is CCCCCC(CCCC[C@H](OC(C)=O)[C@H]1CC[C@H]([C@H]2CC[C@H]([C@@H](CCCCCCCCCCCCC3=C[C@H](C)OC3=O)OC(C)=O)O2)O1)OC(C)=O. The third-order valence-corrected chi connectivity index (χ3v) is 11.0. The van der Waals surface area contributed by atoms with Gasteiger partial charge in [0.05, 0.1) is 24.4 Å². The fourth-order valence-electron chi connectivity index (χ4n) is 8.27. The summed E-state index contributed by atoms with van der Waals surface area (Å²) in [4.78, 5) is 47.3. The van der Waals surface area contributed by atoms with Crippen LogP contribution < -0.4 is 0 Å². The van der Waals surface area contributed by atoms with Gasteiger partial charge < -0.3 is 28.4 Å². The molecule has 2 saturated heterocycles. The zero-order chi connectivity index (χ0) is 38.4. The molecule has 1 unspecified atom stereocenters. The Bertz CT molecular complexity index is 1120. The predicted octanol–water partition coefficient (Wildman–Crippen LogP) is 9.57. The second-order valence-electron chi connectivity index (χ2n) is 15.8. The first-order valence-corrected chi connectivity index (χ1v) is 21.3. The molecule has 304 valence electrons. The Morgan fingerprint density at radius 2 is 1.06 bits per heavy atom. The molecular formula is C43H72O10. The molecule has 10 nitrogen and oxygen atoms in total. The van der Waals surface area contributed by atoms with Crippen LogP contribution in [0.1, 0.15) is 189 Å². The number of unbranched alkanes of at least 4 members (excludes halogenated alkanes) is 12. The number of esters is 4. The minimum absolute atomic E-state index is 0.0566. The lowest BCUT2D eigenvalue weighted by molar-refractivity contribution is -0.164. The first-order chi connectivity index (χ1) is 25.5. The highest BCUT2D eigenvalue weighted by Crippen LogP contribution is 2.36. The van der Waals surface area contributed by atoms with Crippen molar-refractivity contribution in [1.29, 1.82) is 0 Å². The van der Waals surface area contributed by atoms with E-state index in [9.17, 15) is 19.2 Å². The molecule has 0 aliphatic carbocycles. The van der Waals surface area contributed by atoms with E-state index < -0.39 is 0 Å². The van der Waals surface area contributed by atoms with Crippen molar-refractivity contribution in [1.82, 2.24) is 0 Å². The van der Waals surface area contributed by atoms with Crippen molar-refractivity contribution >= 4 is 23.9 Å². The summed E-state index contributed by atoms with van der Waals surface area (Å²) in [5, 5.41) is 0. The highest BCUT2D eigenvalue weighted by molar-refractivity contribution is 5.90. The molecule has 10 heteroatoms. The first kappa shape index (κ1) is 44.9. The molecule has 2 fully saturated rings. The summed E-state index contributed by atoms with van der Waals surface area (Å²) >= 11 is 0. The average Bonchev–Trinajstić information content (AvgIpc) is 3.85. The maximum Gasteiger partial charge on any atom is 0.334 e. The Morgan fingerprint density at radius 3 is 1.51 bits per heavy atom. The lowest BCUT2D eigenvalue weighted by Crippen LogP contribution is -2.35. The Kier molecular flexibility index (Phi) is 21.7. The number of ether oxygens (including phenoxy) is 6.